The molecule has 3 N–H and O–H groups in total. The molecule has 1 aromatic rings. The molecule has 0 bridgehead atoms. The quantitative estimate of drug-likeness (QED) is 0.591. The van der Waals surface area contributed by atoms with E-state index in [2.05, 4.69) is 4.98 Å². The van der Waals surface area contributed by atoms with Gasteiger partial charge in [0.05, 0.1) is 0 Å². The van der Waals surface area contributed by atoms with Crippen LogP contribution in [0, 0.1) is 6.92 Å². The highest BCUT2D eigenvalue weighted by Gasteiger charge is 2.05. The third-order valence-corrected chi connectivity index (χ3v) is 1.82. The van der Waals surface area contributed by atoms with Gasteiger partial charge in [-0.2, -0.15) is 0 Å². The largest absolute Gasteiger partial charge is 0.393 e. The number of anilines is 1. The minimum atomic E-state index is -0.512. The van der Waals surface area contributed by atoms with Gasteiger partial charge in [0.1, 0.15) is 5.69 Å². The van der Waals surface area contributed by atoms with Gasteiger partial charge in [-0.25, -0.2) is 4.79 Å². The summed E-state index contributed by atoms with van der Waals surface area (Å²) in [5.74, 6) is 0. The third kappa shape index (κ3) is 1.13. The maximum absolute atomic E-state index is 11.1. The van der Waals surface area contributed by atoms with Gasteiger partial charge in [-0.05, 0) is 13.8 Å². The maximum Gasteiger partial charge on any atom is 0.328 e. The number of aromatic nitrogens is 2. The molecule has 1 aromatic heterocycles. The van der Waals surface area contributed by atoms with E-state index in [0.717, 1.165) is 0 Å². The Balaban J connectivity index is 3.63. The highest BCUT2D eigenvalue weighted by atomic mass is 16.2. The molecule has 66 valence electrons. The SMILES string of the molecule is CCn1c(C)c(N)c(=O)[nH]c1=O. The molecule has 0 radical (unpaired) electrons. The van der Waals surface area contributed by atoms with Crippen molar-refractivity contribution < 1.29 is 0 Å². The monoisotopic (exact) mass is 169 g/mol. The van der Waals surface area contributed by atoms with Crippen LogP contribution in [0.2, 0.25) is 0 Å². The lowest BCUT2D eigenvalue weighted by Crippen LogP contribution is -2.33. The Labute approximate surface area is 68.8 Å². The van der Waals surface area contributed by atoms with E-state index in [9.17, 15) is 9.59 Å². The van der Waals surface area contributed by atoms with Crippen LogP contribution < -0.4 is 17.0 Å². The number of hydrogen-bond donors (Lipinski definition) is 2. The summed E-state index contributed by atoms with van der Waals surface area (Å²) in [5, 5.41) is 0. The molecule has 0 spiro atoms. The highest BCUT2D eigenvalue weighted by Crippen LogP contribution is 1.98. The zero-order chi connectivity index (χ0) is 9.30. The van der Waals surface area contributed by atoms with E-state index in [1.54, 1.807) is 6.92 Å². The van der Waals surface area contributed by atoms with Crippen molar-refractivity contribution in [3.05, 3.63) is 26.5 Å². The van der Waals surface area contributed by atoms with Crippen LogP contribution in [0.15, 0.2) is 9.59 Å². The molecule has 0 fully saturated rings. The second-order valence-electron chi connectivity index (χ2n) is 2.50. The minimum absolute atomic E-state index is 0.108. The fourth-order valence-electron chi connectivity index (χ4n) is 1.07. The van der Waals surface area contributed by atoms with Gasteiger partial charge in [-0.1, -0.05) is 0 Å². The fraction of sp³-hybridized carbons (Fsp3) is 0.429. The molecule has 0 aliphatic heterocycles. The molecular formula is C7H11N3O2. The van der Waals surface area contributed by atoms with Gasteiger partial charge in [-0.15, -0.1) is 0 Å². The normalized spacial score (nSPS) is 10.2. The first kappa shape index (κ1) is 8.58. The van der Waals surface area contributed by atoms with Crippen LogP contribution >= 0.6 is 0 Å². The molecule has 0 aromatic carbocycles. The van der Waals surface area contributed by atoms with Crippen LogP contribution in [0.5, 0.6) is 0 Å². The number of nitrogens with one attached hydrogen (secondary N) is 1. The summed E-state index contributed by atoms with van der Waals surface area (Å²) < 4.78 is 1.41. The van der Waals surface area contributed by atoms with E-state index < -0.39 is 11.2 Å². The Morgan fingerprint density at radius 1 is 1.50 bits per heavy atom. The molecule has 5 heteroatoms. The summed E-state index contributed by atoms with van der Waals surface area (Å²) in [4.78, 5) is 24.2. The Morgan fingerprint density at radius 3 is 2.58 bits per heavy atom. The first-order valence-electron chi connectivity index (χ1n) is 3.67. The third-order valence-electron chi connectivity index (χ3n) is 1.82. The Hall–Kier alpha value is -1.52. The molecule has 0 aliphatic carbocycles. The van der Waals surface area contributed by atoms with E-state index in [1.807, 2.05) is 6.92 Å². The molecule has 0 unspecified atom stereocenters. The molecule has 0 saturated heterocycles. The van der Waals surface area contributed by atoms with Gasteiger partial charge in [0.15, 0.2) is 0 Å². The maximum atomic E-state index is 11.1. The van der Waals surface area contributed by atoms with Crippen LogP contribution in [0.25, 0.3) is 0 Å². The first-order chi connectivity index (χ1) is 5.57. The van der Waals surface area contributed by atoms with E-state index in [4.69, 9.17) is 5.73 Å². The average molecular weight is 169 g/mol. The molecule has 0 saturated carbocycles. The van der Waals surface area contributed by atoms with Crippen LogP contribution in [-0.4, -0.2) is 9.55 Å². The van der Waals surface area contributed by atoms with Crippen molar-refractivity contribution in [2.75, 3.05) is 5.73 Å². The molecule has 1 heterocycles. The predicted molar refractivity (Wildman–Crippen MR) is 46.1 cm³/mol. The van der Waals surface area contributed by atoms with Crippen molar-refractivity contribution >= 4 is 5.69 Å². The van der Waals surface area contributed by atoms with E-state index in [0.29, 0.717) is 12.2 Å². The predicted octanol–water partition coefficient (Wildman–Crippen LogP) is -0.553. The molecule has 12 heavy (non-hydrogen) atoms. The van der Waals surface area contributed by atoms with Crippen LogP contribution in [0.4, 0.5) is 5.69 Å². The smallest absolute Gasteiger partial charge is 0.328 e. The van der Waals surface area contributed by atoms with Gasteiger partial charge in [0, 0.05) is 12.2 Å². The Morgan fingerprint density at radius 2 is 2.08 bits per heavy atom. The van der Waals surface area contributed by atoms with E-state index in [1.165, 1.54) is 4.57 Å². The summed E-state index contributed by atoms with van der Waals surface area (Å²) >= 11 is 0. The zero-order valence-electron chi connectivity index (χ0n) is 7.05. The summed E-state index contributed by atoms with van der Waals surface area (Å²) in [7, 11) is 0. The summed E-state index contributed by atoms with van der Waals surface area (Å²) in [6, 6.07) is 0. The van der Waals surface area contributed by atoms with Crippen molar-refractivity contribution in [3.63, 3.8) is 0 Å². The summed E-state index contributed by atoms with van der Waals surface area (Å²) in [6.45, 7) is 3.97. The van der Waals surface area contributed by atoms with Gasteiger partial charge in [0.2, 0.25) is 0 Å². The van der Waals surface area contributed by atoms with Crippen LogP contribution in [-0.2, 0) is 6.54 Å². The van der Waals surface area contributed by atoms with E-state index >= 15 is 0 Å². The van der Waals surface area contributed by atoms with Crippen molar-refractivity contribution in [2.45, 2.75) is 20.4 Å². The van der Waals surface area contributed by atoms with E-state index in [-0.39, 0.29) is 5.69 Å². The summed E-state index contributed by atoms with van der Waals surface area (Å²) in [5.41, 5.74) is 5.13. The van der Waals surface area contributed by atoms with Crippen molar-refractivity contribution in [2.24, 2.45) is 0 Å². The molecule has 0 atom stereocenters. The Kier molecular flexibility index (Phi) is 2.03. The van der Waals surface area contributed by atoms with Crippen molar-refractivity contribution in [1.29, 1.82) is 0 Å². The number of aromatic amines is 1. The zero-order valence-corrected chi connectivity index (χ0v) is 7.05. The van der Waals surface area contributed by atoms with Gasteiger partial charge in [0.25, 0.3) is 5.56 Å². The van der Waals surface area contributed by atoms with Gasteiger partial charge < -0.3 is 5.73 Å². The number of nitrogens with zero attached hydrogens (tertiary/aromatic N) is 1. The summed E-state index contributed by atoms with van der Waals surface area (Å²) in [6.07, 6.45) is 0. The number of H-pyrrole nitrogens is 1. The average Bonchev–Trinajstić information content (AvgIpc) is 2.01. The van der Waals surface area contributed by atoms with Crippen molar-refractivity contribution in [3.8, 4) is 0 Å². The fourth-order valence-corrected chi connectivity index (χ4v) is 1.07. The number of rotatable bonds is 1. The molecule has 0 aliphatic rings. The first-order valence-corrected chi connectivity index (χ1v) is 3.67. The topological polar surface area (TPSA) is 80.9 Å². The van der Waals surface area contributed by atoms with Gasteiger partial charge >= 0.3 is 5.69 Å². The lowest BCUT2D eigenvalue weighted by molar-refractivity contribution is 0.672. The molecular weight excluding hydrogens is 158 g/mol. The highest BCUT2D eigenvalue weighted by molar-refractivity contribution is 5.39. The Bertz CT molecular complexity index is 402. The second kappa shape index (κ2) is 2.84. The molecule has 1 rings (SSSR count). The standard InChI is InChI=1S/C7H11N3O2/c1-3-10-4(2)5(8)6(11)9-7(10)12/h3,8H2,1-2H3,(H,9,11,12). The molecule has 0 amide bonds. The number of nitrogen functional groups attached to an aromatic ring is 1. The second-order valence-corrected chi connectivity index (χ2v) is 2.50. The molecule has 5 nitrogen and oxygen atoms in total. The minimum Gasteiger partial charge on any atom is -0.393 e. The number of hydrogen-bond acceptors (Lipinski definition) is 3. The van der Waals surface area contributed by atoms with Crippen LogP contribution in [0.3, 0.4) is 0 Å². The van der Waals surface area contributed by atoms with Crippen LogP contribution in [0.1, 0.15) is 12.6 Å². The van der Waals surface area contributed by atoms with Gasteiger partial charge in [-0.3, -0.25) is 14.3 Å². The number of nitrogens with two attached hydrogens (primary N) is 1. The lowest BCUT2D eigenvalue weighted by Gasteiger charge is -2.06. The van der Waals surface area contributed by atoms with Crippen molar-refractivity contribution in [1.82, 2.24) is 9.55 Å². The lowest BCUT2D eigenvalue weighted by atomic mass is 10.3.